The number of hydrogen-bond acceptors (Lipinski definition) is 2. The van der Waals surface area contributed by atoms with Crippen LogP contribution in [0.2, 0.25) is 0 Å². The SMILES string of the molecule is NC(Cc1ccn[nH]1)C1CCCC1. The summed E-state index contributed by atoms with van der Waals surface area (Å²) in [6.45, 7) is 0. The molecule has 1 saturated carbocycles. The third-order valence-corrected chi connectivity index (χ3v) is 3.02. The lowest BCUT2D eigenvalue weighted by molar-refractivity contribution is 0.426. The monoisotopic (exact) mass is 179 g/mol. The van der Waals surface area contributed by atoms with Crippen LogP contribution in [0.3, 0.4) is 0 Å². The van der Waals surface area contributed by atoms with Crippen molar-refractivity contribution in [1.82, 2.24) is 10.2 Å². The smallest absolute Gasteiger partial charge is 0.0490 e. The van der Waals surface area contributed by atoms with Gasteiger partial charge in [0.15, 0.2) is 0 Å². The van der Waals surface area contributed by atoms with Gasteiger partial charge in [0.05, 0.1) is 0 Å². The van der Waals surface area contributed by atoms with E-state index in [1.807, 2.05) is 6.07 Å². The van der Waals surface area contributed by atoms with Crippen LogP contribution >= 0.6 is 0 Å². The van der Waals surface area contributed by atoms with Crippen LogP contribution in [0.5, 0.6) is 0 Å². The fraction of sp³-hybridized carbons (Fsp3) is 0.700. The van der Waals surface area contributed by atoms with Crippen molar-refractivity contribution in [3.63, 3.8) is 0 Å². The first-order valence-corrected chi connectivity index (χ1v) is 5.10. The second kappa shape index (κ2) is 3.92. The van der Waals surface area contributed by atoms with E-state index in [9.17, 15) is 0 Å². The standard InChI is InChI=1S/C10H17N3/c11-10(8-3-1-2-4-8)7-9-5-6-12-13-9/h5-6,8,10H,1-4,7,11H2,(H,12,13). The molecule has 1 aromatic rings. The molecule has 0 radical (unpaired) electrons. The average Bonchev–Trinajstić information content (AvgIpc) is 2.74. The van der Waals surface area contributed by atoms with Crippen molar-refractivity contribution < 1.29 is 0 Å². The highest BCUT2D eigenvalue weighted by Gasteiger charge is 2.22. The van der Waals surface area contributed by atoms with Gasteiger partial charge >= 0.3 is 0 Å². The Kier molecular flexibility index (Phi) is 2.64. The summed E-state index contributed by atoms with van der Waals surface area (Å²) in [7, 11) is 0. The first-order chi connectivity index (χ1) is 6.36. The van der Waals surface area contributed by atoms with E-state index in [0.29, 0.717) is 6.04 Å². The van der Waals surface area contributed by atoms with Crippen molar-refractivity contribution in [2.45, 2.75) is 38.1 Å². The van der Waals surface area contributed by atoms with Crippen LogP contribution in [0.1, 0.15) is 31.4 Å². The van der Waals surface area contributed by atoms with Gasteiger partial charge in [-0.3, -0.25) is 5.10 Å². The van der Waals surface area contributed by atoms with Gasteiger partial charge in [-0.1, -0.05) is 12.8 Å². The first-order valence-electron chi connectivity index (χ1n) is 5.10. The number of aromatic nitrogens is 2. The molecule has 0 bridgehead atoms. The highest BCUT2D eigenvalue weighted by molar-refractivity contribution is 5.00. The van der Waals surface area contributed by atoms with E-state index in [1.165, 1.54) is 31.4 Å². The molecule has 0 amide bonds. The Hall–Kier alpha value is -0.830. The van der Waals surface area contributed by atoms with Crippen LogP contribution in [0.25, 0.3) is 0 Å². The zero-order valence-electron chi connectivity index (χ0n) is 7.87. The molecule has 1 aliphatic rings. The Morgan fingerprint density at radius 1 is 1.54 bits per heavy atom. The van der Waals surface area contributed by atoms with Crippen LogP contribution in [-0.2, 0) is 6.42 Å². The number of H-pyrrole nitrogens is 1. The summed E-state index contributed by atoms with van der Waals surface area (Å²) in [6, 6.07) is 2.33. The molecule has 72 valence electrons. The summed E-state index contributed by atoms with van der Waals surface area (Å²) in [4.78, 5) is 0. The number of hydrogen-bond donors (Lipinski definition) is 2. The minimum absolute atomic E-state index is 0.322. The summed E-state index contributed by atoms with van der Waals surface area (Å²) in [5, 5.41) is 6.88. The van der Waals surface area contributed by atoms with Crippen molar-refractivity contribution in [3.8, 4) is 0 Å². The lowest BCUT2D eigenvalue weighted by Gasteiger charge is -2.17. The van der Waals surface area contributed by atoms with E-state index in [1.54, 1.807) is 6.20 Å². The molecule has 3 nitrogen and oxygen atoms in total. The maximum absolute atomic E-state index is 6.12. The molecule has 0 aromatic carbocycles. The van der Waals surface area contributed by atoms with E-state index in [0.717, 1.165) is 12.3 Å². The summed E-state index contributed by atoms with van der Waals surface area (Å²) in [5.74, 6) is 0.739. The van der Waals surface area contributed by atoms with Crippen LogP contribution in [0.4, 0.5) is 0 Å². The average molecular weight is 179 g/mol. The maximum Gasteiger partial charge on any atom is 0.0490 e. The van der Waals surface area contributed by atoms with Crippen molar-refractivity contribution in [3.05, 3.63) is 18.0 Å². The molecule has 1 atom stereocenters. The summed E-state index contributed by atoms with van der Waals surface area (Å²) < 4.78 is 0. The molecule has 1 aliphatic carbocycles. The van der Waals surface area contributed by atoms with Gasteiger partial charge in [-0.25, -0.2) is 0 Å². The van der Waals surface area contributed by atoms with E-state index < -0.39 is 0 Å². The number of nitrogens with two attached hydrogens (primary N) is 1. The fourth-order valence-electron chi connectivity index (χ4n) is 2.20. The largest absolute Gasteiger partial charge is 0.327 e. The van der Waals surface area contributed by atoms with Gasteiger partial charge in [-0.15, -0.1) is 0 Å². The highest BCUT2D eigenvalue weighted by atomic mass is 15.1. The Labute approximate surface area is 78.7 Å². The molecule has 3 heteroatoms. The van der Waals surface area contributed by atoms with Crippen LogP contribution in [0.15, 0.2) is 12.3 Å². The zero-order valence-corrected chi connectivity index (χ0v) is 7.87. The summed E-state index contributed by atoms with van der Waals surface area (Å²) >= 11 is 0. The van der Waals surface area contributed by atoms with Gasteiger partial charge in [0.2, 0.25) is 0 Å². The lowest BCUT2D eigenvalue weighted by atomic mass is 9.95. The number of nitrogens with one attached hydrogen (secondary N) is 1. The number of aromatic amines is 1. The van der Waals surface area contributed by atoms with Crippen molar-refractivity contribution in [1.29, 1.82) is 0 Å². The molecule has 13 heavy (non-hydrogen) atoms. The molecule has 2 rings (SSSR count). The van der Waals surface area contributed by atoms with Gasteiger partial charge < -0.3 is 5.73 Å². The van der Waals surface area contributed by atoms with Gasteiger partial charge in [0.25, 0.3) is 0 Å². The van der Waals surface area contributed by atoms with Crippen molar-refractivity contribution in [2.24, 2.45) is 11.7 Å². The second-order valence-corrected chi connectivity index (χ2v) is 3.99. The van der Waals surface area contributed by atoms with Gasteiger partial charge in [-0.2, -0.15) is 5.10 Å². The van der Waals surface area contributed by atoms with Gasteiger partial charge in [0.1, 0.15) is 0 Å². The summed E-state index contributed by atoms with van der Waals surface area (Å²) in [5.41, 5.74) is 7.29. The molecule has 1 fully saturated rings. The predicted molar refractivity (Wildman–Crippen MR) is 52.2 cm³/mol. The molecule has 3 N–H and O–H groups in total. The molecule has 0 spiro atoms. The lowest BCUT2D eigenvalue weighted by Crippen LogP contribution is -2.30. The van der Waals surface area contributed by atoms with Crippen molar-refractivity contribution >= 4 is 0 Å². The van der Waals surface area contributed by atoms with Crippen LogP contribution in [-0.4, -0.2) is 16.2 Å². The Morgan fingerprint density at radius 3 is 2.92 bits per heavy atom. The molecule has 1 heterocycles. The fourth-order valence-corrected chi connectivity index (χ4v) is 2.20. The first kappa shape index (κ1) is 8.75. The van der Waals surface area contributed by atoms with Gasteiger partial charge in [0, 0.05) is 24.4 Å². The Balaban J connectivity index is 1.87. The third-order valence-electron chi connectivity index (χ3n) is 3.02. The Morgan fingerprint density at radius 2 is 2.31 bits per heavy atom. The molecular formula is C10H17N3. The molecule has 1 aromatic heterocycles. The van der Waals surface area contributed by atoms with Gasteiger partial charge in [-0.05, 0) is 24.8 Å². The molecule has 0 saturated heterocycles. The highest BCUT2D eigenvalue weighted by Crippen LogP contribution is 2.27. The van der Waals surface area contributed by atoms with E-state index in [2.05, 4.69) is 10.2 Å². The van der Waals surface area contributed by atoms with E-state index in [-0.39, 0.29) is 0 Å². The van der Waals surface area contributed by atoms with Crippen LogP contribution in [0, 0.1) is 5.92 Å². The Bertz CT molecular complexity index is 237. The zero-order chi connectivity index (χ0) is 9.10. The number of rotatable bonds is 3. The van der Waals surface area contributed by atoms with E-state index >= 15 is 0 Å². The normalized spacial score (nSPS) is 20.7. The molecule has 1 unspecified atom stereocenters. The van der Waals surface area contributed by atoms with Crippen molar-refractivity contribution in [2.75, 3.05) is 0 Å². The predicted octanol–water partition coefficient (Wildman–Crippen LogP) is 1.47. The third kappa shape index (κ3) is 2.10. The molecular weight excluding hydrogens is 162 g/mol. The minimum Gasteiger partial charge on any atom is -0.327 e. The maximum atomic E-state index is 6.12. The topological polar surface area (TPSA) is 54.7 Å². The summed E-state index contributed by atoms with van der Waals surface area (Å²) in [6.07, 6.45) is 8.09. The van der Waals surface area contributed by atoms with E-state index in [4.69, 9.17) is 5.73 Å². The minimum atomic E-state index is 0.322. The quantitative estimate of drug-likeness (QED) is 0.738. The number of nitrogens with zero attached hydrogens (tertiary/aromatic N) is 1. The molecule has 0 aliphatic heterocycles. The van der Waals surface area contributed by atoms with Crippen LogP contribution < -0.4 is 5.73 Å². The second-order valence-electron chi connectivity index (χ2n) is 3.99.